The zero-order chi connectivity index (χ0) is 22.7. The Balaban J connectivity index is 1.43. The highest BCUT2D eigenvalue weighted by atomic mass is 32.2. The minimum absolute atomic E-state index is 0.0415. The first-order valence-corrected chi connectivity index (χ1v) is 12.1. The summed E-state index contributed by atoms with van der Waals surface area (Å²) in [5.74, 6) is -0.482. The fourth-order valence-electron chi connectivity index (χ4n) is 4.41. The van der Waals surface area contributed by atoms with Crippen LogP contribution in [0, 0.1) is 16.0 Å². The maximum Gasteiger partial charge on any atom is 0.289 e. The molecule has 0 aliphatic carbocycles. The Morgan fingerprint density at radius 1 is 0.938 bits per heavy atom. The second kappa shape index (κ2) is 9.25. The average molecular weight is 459 g/mol. The van der Waals surface area contributed by atoms with Crippen molar-refractivity contribution in [3.05, 3.63) is 64.7 Å². The molecule has 0 unspecified atom stereocenters. The van der Waals surface area contributed by atoms with Crippen LogP contribution in [0.2, 0.25) is 0 Å². The van der Waals surface area contributed by atoms with E-state index in [0.717, 1.165) is 18.8 Å². The van der Waals surface area contributed by atoms with Crippen LogP contribution in [0.4, 0.5) is 11.4 Å². The van der Waals surface area contributed by atoms with Crippen LogP contribution in [0.3, 0.4) is 0 Å². The second-order valence-corrected chi connectivity index (χ2v) is 9.98. The maximum atomic E-state index is 13.2. The number of carbonyl (C=O) groups is 1. The number of para-hydroxylation sites is 2. The van der Waals surface area contributed by atoms with Crippen molar-refractivity contribution in [3.8, 4) is 0 Å². The Labute approximate surface area is 187 Å². The Bertz CT molecular complexity index is 1080. The van der Waals surface area contributed by atoms with Gasteiger partial charge in [-0.05, 0) is 31.0 Å². The van der Waals surface area contributed by atoms with Crippen LogP contribution < -0.4 is 4.90 Å². The van der Waals surface area contributed by atoms with Gasteiger partial charge in [0, 0.05) is 51.0 Å². The normalized spacial score (nSPS) is 20.2. The lowest BCUT2D eigenvalue weighted by molar-refractivity contribution is -0.387. The van der Waals surface area contributed by atoms with Gasteiger partial charge < -0.3 is 9.80 Å². The number of rotatable bonds is 5. The van der Waals surface area contributed by atoms with Gasteiger partial charge in [-0.2, -0.15) is 4.31 Å². The summed E-state index contributed by atoms with van der Waals surface area (Å²) >= 11 is 0. The molecule has 0 aromatic heterocycles. The predicted molar refractivity (Wildman–Crippen MR) is 120 cm³/mol. The van der Waals surface area contributed by atoms with Crippen molar-refractivity contribution in [1.29, 1.82) is 0 Å². The summed E-state index contributed by atoms with van der Waals surface area (Å²) in [5, 5.41) is 11.3. The molecule has 0 bridgehead atoms. The number of piperazine rings is 1. The average Bonchev–Trinajstić information content (AvgIpc) is 2.84. The molecule has 4 rings (SSSR count). The fraction of sp³-hybridized carbons (Fsp3) is 0.409. The molecular weight excluding hydrogens is 432 g/mol. The third kappa shape index (κ3) is 4.46. The summed E-state index contributed by atoms with van der Waals surface area (Å²) in [6.07, 6.45) is 1.15. The Morgan fingerprint density at radius 2 is 1.59 bits per heavy atom. The van der Waals surface area contributed by atoms with Gasteiger partial charge >= 0.3 is 0 Å². The van der Waals surface area contributed by atoms with Crippen LogP contribution in [0.15, 0.2) is 59.5 Å². The zero-order valence-electron chi connectivity index (χ0n) is 17.7. The Kier molecular flexibility index (Phi) is 6.43. The molecule has 2 aliphatic heterocycles. The quantitative estimate of drug-likeness (QED) is 0.503. The van der Waals surface area contributed by atoms with Crippen LogP contribution in [0.5, 0.6) is 0 Å². The maximum absolute atomic E-state index is 13.2. The molecule has 10 heteroatoms. The van der Waals surface area contributed by atoms with E-state index in [9.17, 15) is 23.3 Å². The number of hydrogen-bond donors (Lipinski definition) is 0. The molecule has 0 saturated carbocycles. The van der Waals surface area contributed by atoms with E-state index in [1.54, 1.807) is 0 Å². The number of hydrogen-bond acceptors (Lipinski definition) is 6. The highest BCUT2D eigenvalue weighted by molar-refractivity contribution is 7.89. The number of sulfonamides is 1. The molecule has 0 N–H and O–H groups in total. The number of nitrogens with zero attached hydrogens (tertiary/aromatic N) is 4. The second-order valence-electron chi connectivity index (χ2n) is 8.07. The number of nitro benzene ring substituents is 1. The number of nitro groups is 1. The Hall–Kier alpha value is -2.98. The molecule has 2 aromatic carbocycles. The summed E-state index contributed by atoms with van der Waals surface area (Å²) in [7, 11) is -4.07. The van der Waals surface area contributed by atoms with Crippen molar-refractivity contribution in [3.63, 3.8) is 0 Å². The van der Waals surface area contributed by atoms with E-state index in [2.05, 4.69) is 4.90 Å². The minimum atomic E-state index is -4.07. The van der Waals surface area contributed by atoms with E-state index in [4.69, 9.17) is 0 Å². The predicted octanol–water partition coefficient (Wildman–Crippen LogP) is 2.34. The van der Waals surface area contributed by atoms with Crippen molar-refractivity contribution in [2.45, 2.75) is 17.7 Å². The summed E-state index contributed by atoms with van der Waals surface area (Å²) in [6, 6.07) is 15.4. The first-order valence-electron chi connectivity index (χ1n) is 10.7. The van der Waals surface area contributed by atoms with Crippen molar-refractivity contribution in [2.75, 3.05) is 44.2 Å². The number of carbonyl (C=O) groups excluding carboxylic acids is 1. The van der Waals surface area contributed by atoms with Crippen molar-refractivity contribution in [1.82, 2.24) is 9.21 Å². The van der Waals surface area contributed by atoms with Gasteiger partial charge in [-0.1, -0.05) is 30.3 Å². The van der Waals surface area contributed by atoms with Crippen molar-refractivity contribution in [2.24, 2.45) is 5.92 Å². The molecule has 1 amide bonds. The first kappa shape index (κ1) is 22.2. The van der Waals surface area contributed by atoms with Crippen LogP contribution in [-0.4, -0.2) is 67.7 Å². The summed E-state index contributed by atoms with van der Waals surface area (Å²) in [4.78, 5) is 27.5. The van der Waals surface area contributed by atoms with Crippen LogP contribution in [0.1, 0.15) is 12.8 Å². The molecular formula is C22H26N4O5S. The SMILES string of the molecule is O=C([C@@H]1CCCN(S(=O)(=O)c2ccccc2[N+](=O)[O-])C1)N1CCN(c2ccccc2)CC1. The monoisotopic (exact) mass is 458 g/mol. The zero-order valence-corrected chi connectivity index (χ0v) is 18.5. The van der Waals surface area contributed by atoms with Gasteiger partial charge in [0.15, 0.2) is 4.90 Å². The van der Waals surface area contributed by atoms with Crippen LogP contribution in [-0.2, 0) is 14.8 Å². The summed E-state index contributed by atoms with van der Waals surface area (Å²) in [6.45, 7) is 2.91. The van der Waals surface area contributed by atoms with E-state index < -0.39 is 26.6 Å². The van der Waals surface area contributed by atoms with E-state index in [0.29, 0.717) is 25.9 Å². The van der Waals surface area contributed by atoms with Crippen molar-refractivity contribution >= 4 is 27.3 Å². The number of amides is 1. The molecule has 1 atom stereocenters. The van der Waals surface area contributed by atoms with Gasteiger partial charge in [0.05, 0.1) is 10.8 Å². The lowest BCUT2D eigenvalue weighted by Gasteiger charge is -2.39. The molecule has 170 valence electrons. The molecule has 32 heavy (non-hydrogen) atoms. The Morgan fingerprint density at radius 3 is 2.28 bits per heavy atom. The van der Waals surface area contributed by atoms with Crippen molar-refractivity contribution < 1.29 is 18.1 Å². The molecule has 2 fully saturated rings. The topological polar surface area (TPSA) is 104 Å². The van der Waals surface area contributed by atoms with Gasteiger partial charge in [-0.15, -0.1) is 0 Å². The van der Waals surface area contributed by atoms with Gasteiger partial charge in [0.25, 0.3) is 5.69 Å². The summed E-state index contributed by atoms with van der Waals surface area (Å²) in [5.41, 5.74) is 0.678. The number of anilines is 1. The highest BCUT2D eigenvalue weighted by Crippen LogP contribution is 2.30. The lowest BCUT2D eigenvalue weighted by atomic mass is 9.97. The van der Waals surface area contributed by atoms with E-state index >= 15 is 0 Å². The third-order valence-electron chi connectivity index (χ3n) is 6.13. The van der Waals surface area contributed by atoms with E-state index in [-0.39, 0.29) is 23.9 Å². The van der Waals surface area contributed by atoms with Gasteiger partial charge in [-0.3, -0.25) is 14.9 Å². The summed E-state index contributed by atoms with van der Waals surface area (Å²) < 4.78 is 27.5. The number of benzene rings is 2. The van der Waals surface area contributed by atoms with Gasteiger partial charge in [-0.25, -0.2) is 8.42 Å². The molecule has 2 saturated heterocycles. The third-order valence-corrected chi connectivity index (χ3v) is 8.04. The highest BCUT2D eigenvalue weighted by Gasteiger charge is 2.38. The smallest absolute Gasteiger partial charge is 0.289 e. The standard InChI is InChI=1S/C22H26N4O5S/c27-22(24-15-13-23(14-16-24)19-8-2-1-3-9-19)18-7-6-12-25(17-18)32(30,31)21-11-5-4-10-20(21)26(28)29/h1-5,8-11,18H,6-7,12-17H2/t18-/m1/s1. The number of piperidine rings is 1. The first-order chi connectivity index (χ1) is 15.4. The van der Waals surface area contributed by atoms with E-state index in [1.165, 1.54) is 28.6 Å². The van der Waals surface area contributed by atoms with Gasteiger partial charge in [0.2, 0.25) is 15.9 Å². The van der Waals surface area contributed by atoms with E-state index in [1.807, 2.05) is 35.2 Å². The fourth-order valence-corrected chi connectivity index (χ4v) is 6.09. The minimum Gasteiger partial charge on any atom is -0.368 e. The molecule has 9 nitrogen and oxygen atoms in total. The molecule has 2 heterocycles. The molecule has 0 radical (unpaired) electrons. The van der Waals surface area contributed by atoms with Crippen LogP contribution in [0.25, 0.3) is 0 Å². The van der Waals surface area contributed by atoms with Gasteiger partial charge in [0.1, 0.15) is 0 Å². The largest absolute Gasteiger partial charge is 0.368 e. The lowest BCUT2D eigenvalue weighted by Crippen LogP contribution is -2.53. The molecule has 0 spiro atoms. The van der Waals surface area contributed by atoms with Crippen LogP contribution >= 0.6 is 0 Å². The molecule has 2 aromatic rings. The molecule has 2 aliphatic rings.